The van der Waals surface area contributed by atoms with E-state index < -0.39 is 48.6 Å². The molecule has 2 aliphatic heterocycles. The Morgan fingerprint density at radius 1 is 1.15 bits per heavy atom. The maximum atomic E-state index is 14.1. The molecule has 1 saturated carbocycles. The van der Waals surface area contributed by atoms with Crippen LogP contribution in [0.5, 0.6) is 11.5 Å². The molecule has 0 unspecified atom stereocenters. The number of amides is 3. The predicted molar refractivity (Wildman–Crippen MR) is 167 cm³/mol. The lowest BCUT2D eigenvalue weighted by Crippen LogP contribution is -2.44. The van der Waals surface area contributed by atoms with Gasteiger partial charge in [-0.2, -0.15) is 8.78 Å². The number of oxazole rings is 1. The Kier molecular flexibility index (Phi) is 12.1. The van der Waals surface area contributed by atoms with Gasteiger partial charge in [0, 0.05) is 37.7 Å². The molecule has 3 fully saturated rings. The molecule has 0 bridgehead atoms. The number of carboxylic acid groups (broad SMARTS) is 1. The first-order valence-corrected chi connectivity index (χ1v) is 15.6. The minimum atomic E-state index is -3.06. The van der Waals surface area contributed by atoms with Crippen molar-refractivity contribution in [2.75, 3.05) is 33.4 Å². The molecular weight excluding hydrogens is 660 g/mol. The number of piperidine rings is 1. The van der Waals surface area contributed by atoms with Crippen molar-refractivity contribution in [3.05, 3.63) is 29.7 Å². The predicted octanol–water partition coefficient (Wildman–Crippen LogP) is 3.83. The highest BCUT2D eigenvalue weighted by molar-refractivity contribution is 5.95. The number of hydrogen-bond acceptors (Lipinski definition) is 10. The molecule has 1 aliphatic carbocycles. The number of carbonyl (C=O) groups excluding carboxylic acids is 3. The highest BCUT2D eigenvalue weighted by Gasteiger charge is 2.41. The fraction of sp³-hybridized carbons (Fsp3) is 0.581. The first-order chi connectivity index (χ1) is 22.4. The minimum Gasteiger partial charge on any atom is -0.489 e. The average Bonchev–Trinajstić information content (AvgIpc) is 3.62. The fourth-order valence-electron chi connectivity index (χ4n) is 5.89. The zero-order chi connectivity index (χ0) is 33.8. The van der Waals surface area contributed by atoms with Crippen LogP contribution < -0.4 is 20.5 Å². The monoisotopic (exact) mass is 699 g/mol. The largest absolute Gasteiger partial charge is 0.489 e. The number of methoxy groups -OCH3 is 1. The van der Waals surface area contributed by atoms with Crippen LogP contribution in [0.1, 0.15) is 67.7 Å². The molecule has 1 aromatic heterocycles. The van der Waals surface area contributed by atoms with Crippen molar-refractivity contribution < 1.29 is 51.7 Å². The highest BCUT2D eigenvalue weighted by Crippen LogP contribution is 2.37. The standard InChI is InChI=1S/C31H39F2N5O9.ClH/c1-16(34)26-25(36-27(47-26)19-5-6-22(46-30(32)33)23(11-19)45-15-17-3-4-17)28(40)38-14-20(35-31(43)44-2)12-21(38)13-24(39)37-9-7-18(8-10-37)29(41)42;/h5-6,11,16-18,20-21,30H,3-4,7-10,12-15,34H2,1-2H3,(H,35,43)(H,41,42);1H/t16-,20+,21-;/m0./s1. The number of nitrogens with two attached hydrogens (primary N) is 1. The number of rotatable bonds is 12. The fourth-order valence-corrected chi connectivity index (χ4v) is 5.89. The number of nitrogens with zero attached hydrogens (tertiary/aromatic N) is 3. The Morgan fingerprint density at radius 2 is 1.85 bits per heavy atom. The third kappa shape index (κ3) is 8.83. The first-order valence-electron chi connectivity index (χ1n) is 15.6. The van der Waals surface area contributed by atoms with Gasteiger partial charge in [-0.3, -0.25) is 14.4 Å². The van der Waals surface area contributed by atoms with E-state index >= 15 is 0 Å². The summed E-state index contributed by atoms with van der Waals surface area (Å²) in [6.45, 7) is -0.499. The minimum absolute atomic E-state index is 0. The van der Waals surface area contributed by atoms with E-state index in [1.54, 1.807) is 11.8 Å². The second-order valence-corrected chi connectivity index (χ2v) is 12.2. The van der Waals surface area contributed by atoms with Gasteiger partial charge in [0.15, 0.2) is 23.0 Å². The number of carboxylic acids is 1. The van der Waals surface area contributed by atoms with Crippen molar-refractivity contribution in [1.29, 1.82) is 0 Å². The van der Waals surface area contributed by atoms with Crippen LogP contribution in [0.25, 0.3) is 11.5 Å². The number of benzene rings is 1. The number of alkyl halides is 2. The molecule has 264 valence electrons. The summed E-state index contributed by atoms with van der Waals surface area (Å²) < 4.78 is 47.2. The van der Waals surface area contributed by atoms with Crippen molar-refractivity contribution in [1.82, 2.24) is 20.1 Å². The number of aliphatic carboxylic acids is 1. The number of hydrogen-bond donors (Lipinski definition) is 3. The van der Waals surface area contributed by atoms with Gasteiger partial charge in [-0.05, 0) is 63.1 Å². The van der Waals surface area contributed by atoms with Gasteiger partial charge < -0.3 is 44.6 Å². The Hall–Kier alpha value is -4.18. The van der Waals surface area contributed by atoms with E-state index in [1.807, 2.05) is 0 Å². The summed E-state index contributed by atoms with van der Waals surface area (Å²) >= 11 is 0. The van der Waals surface area contributed by atoms with Gasteiger partial charge in [0.05, 0.1) is 31.7 Å². The van der Waals surface area contributed by atoms with Gasteiger partial charge in [0.25, 0.3) is 5.91 Å². The Balaban J connectivity index is 0.00000520. The second-order valence-electron chi connectivity index (χ2n) is 12.2. The molecule has 0 radical (unpaired) electrons. The van der Waals surface area contributed by atoms with Crippen LogP contribution in [-0.2, 0) is 14.3 Å². The Bertz CT molecular complexity index is 1480. The van der Waals surface area contributed by atoms with Crippen LogP contribution in [0.2, 0.25) is 0 Å². The van der Waals surface area contributed by atoms with Crippen LogP contribution in [0.3, 0.4) is 0 Å². The van der Waals surface area contributed by atoms with Crippen LogP contribution in [0.4, 0.5) is 13.6 Å². The summed E-state index contributed by atoms with van der Waals surface area (Å²) in [5.41, 5.74) is 6.43. The SMILES string of the molecule is COC(=O)N[C@@H]1C[C@@H](CC(=O)N2CCC(C(=O)O)CC2)N(C(=O)c2nc(-c3ccc(OC(F)F)c(OCC4CC4)c3)oc2[C@H](C)N)C1.Cl. The zero-order valence-corrected chi connectivity index (χ0v) is 27.4. The van der Waals surface area contributed by atoms with Crippen molar-refractivity contribution in [3.8, 4) is 23.0 Å². The van der Waals surface area contributed by atoms with Gasteiger partial charge in [0.2, 0.25) is 11.8 Å². The maximum absolute atomic E-state index is 14.1. The molecule has 3 amide bonds. The molecule has 17 heteroatoms. The quantitative estimate of drug-likeness (QED) is 0.292. The molecule has 48 heavy (non-hydrogen) atoms. The van der Waals surface area contributed by atoms with Crippen LogP contribution in [0.15, 0.2) is 22.6 Å². The van der Waals surface area contributed by atoms with Crippen LogP contribution in [0, 0.1) is 11.8 Å². The molecule has 2 saturated heterocycles. The smallest absolute Gasteiger partial charge is 0.407 e. The number of likely N-dealkylation sites (tertiary alicyclic amines) is 2. The number of aromatic nitrogens is 1. The molecule has 3 atom stereocenters. The number of carbonyl (C=O) groups is 4. The molecule has 1 aromatic carbocycles. The first kappa shape index (κ1) is 36.7. The molecule has 5 rings (SSSR count). The van der Waals surface area contributed by atoms with Crippen molar-refractivity contribution in [3.63, 3.8) is 0 Å². The topological polar surface area (TPSA) is 187 Å². The third-order valence-electron chi connectivity index (χ3n) is 8.64. The van der Waals surface area contributed by atoms with Crippen LogP contribution in [-0.4, -0.2) is 95.8 Å². The number of alkyl carbamates (subject to hydrolysis) is 1. The normalized spacial score (nSPS) is 20.2. The molecule has 3 heterocycles. The van der Waals surface area contributed by atoms with Gasteiger partial charge in [-0.25, -0.2) is 9.78 Å². The maximum Gasteiger partial charge on any atom is 0.407 e. The van der Waals surface area contributed by atoms with Gasteiger partial charge in [-0.1, -0.05) is 0 Å². The number of nitrogens with one attached hydrogen (secondary N) is 1. The van der Waals surface area contributed by atoms with Crippen molar-refractivity contribution >= 4 is 36.3 Å². The van der Waals surface area contributed by atoms with E-state index in [4.69, 9.17) is 19.6 Å². The van der Waals surface area contributed by atoms with E-state index in [-0.39, 0.29) is 79.6 Å². The Morgan fingerprint density at radius 3 is 2.46 bits per heavy atom. The Labute approximate surface area is 281 Å². The van der Waals surface area contributed by atoms with E-state index in [0.717, 1.165) is 12.8 Å². The average molecular weight is 700 g/mol. The molecular formula is C31H40ClF2N5O9. The van der Waals surface area contributed by atoms with Gasteiger partial charge in [0.1, 0.15) is 0 Å². The van der Waals surface area contributed by atoms with E-state index in [9.17, 15) is 33.1 Å². The van der Waals surface area contributed by atoms with E-state index in [0.29, 0.717) is 30.9 Å². The van der Waals surface area contributed by atoms with Gasteiger partial charge >= 0.3 is 18.7 Å². The van der Waals surface area contributed by atoms with Crippen molar-refractivity contribution in [2.24, 2.45) is 17.6 Å². The van der Waals surface area contributed by atoms with Crippen molar-refractivity contribution in [2.45, 2.75) is 70.2 Å². The van der Waals surface area contributed by atoms with Gasteiger partial charge in [-0.15, -0.1) is 12.4 Å². The number of halogens is 3. The molecule has 4 N–H and O–H groups in total. The lowest BCUT2D eigenvalue weighted by Gasteiger charge is -2.32. The molecule has 2 aromatic rings. The summed E-state index contributed by atoms with van der Waals surface area (Å²) in [4.78, 5) is 58.3. The summed E-state index contributed by atoms with van der Waals surface area (Å²) in [5.74, 6) is -1.89. The second kappa shape index (κ2) is 15.8. The summed E-state index contributed by atoms with van der Waals surface area (Å²) in [6.07, 6.45) is 2.14. The summed E-state index contributed by atoms with van der Waals surface area (Å²) in [5, 5.41) is 12.0. The molecule has 0 spiro atoms. The molecule has 14 nitrogen and oxygen atoms in total. The third-order valence-corrected chi connectivity index (χ3v) is 8.64. The zero-order valence-electron chi connectivity index (χ0n) is 26.6. The highest BCUT2D eigenvalue weighted by atomic mass is 35.5. The molecule has 3 aliphatic rings. The lowest BCUT2D eigenvalue weighted by molar-refractivity contribution is -0.145. The van der Waals surface area contributed by atoms with E-state index in [1.165, 1.54) is 30.2 Å². The van der Waals surface area contributed by atoms with E-state index in [2.05, 4.69) is 15.0 Å². The van der Waals surface area contributed by atoms with Crippen LogP contribution >= 0.6 is 12.4 Å². The number of ether oxygens (including phenoxy) is 3. The summed E-state index contributed by atoms with van der Waals surface area (Å²) in [7, 11) is 1.22. The lowest BCUT2D eigenvalue weighted by atomic mass is 9.96. The summed E-state index contributed by atoms with van der Waals surface area (Å²) in [6, 6.07) is 2.28.